The number of ether oxygens (including phenoxy) is 1. The molecule has 4 rings (SSSR count). The molecular formula is C23H28N2O2. The van der Waals surface area contributed by atoms with Crippen LogP contribution in [0.25, 0.3) is 0 Å². The van der Waals surface area contributed by atoms with Crippen molar-refractivity contribution in [3.63, 3.8) is 0 Å². The SMILES string of the molecule is O=C1Nc2ccccc2OC1CCCN1CCC(Cc2ccccc2)CC1. The number of carbonyl (C=O) groups is 1. The maximum absolute atomic E-state index is 12.2. The van der Waals surface area contributed by atoms with Crippen LogP contribution < -0.4 is 10.1 Å². The molecule has 2 aromatic rings. The number of likely N-dealkylation sites (tertiary alicyclic amines) is 1. The molecule has 0 bridgehead atoms. The number of piperidine rings is 1. The third kappa shape index (κ3) is 4.69. The number of hydrogen-bond acceptors (Lipinski definition) is 3. The average molecular weight is 364 g/mol. The number of nitrogens with zero attached hydrogens (tertiary/aromatic N) is 1. The van der Waals surface area contributed by atoms with Gasteiger partial charge < -0.3 is 15.0 Å². The van der Waals surface area contributed by atoms with E-state index >= 15 is 0 Å². The number of hydrogen-bond donors (Lipinski definition) is 1. The van der Waals surface area contributed by atoms with Crippen molar-refractivity contribution in [2.24, 2.45) is 5.92 Å². The van der Waals surface area contributed by atoms with Gasteiger partial charge in [0.25, 0.3) is 5.91 Å². The Labute approximate surface area is 161 Å². The molecule has 1 N–H and O–H groups in total. The summed E-state index contributed by atoms with van der Waals surface area (Å²) in [5.74, 6) is 1.56. The van der Waals surface area contributed by atoms with E-state index < -0.39 is 0 Å². The maximum Gasteiger partial charge on any atom is 0.265 e. The van der Waals surface area contributed by atoms with Crippen molar-refractivity contribution in [2.45, 2.75) is 38.2 Å². The molecule has 1 amide bonds. The van der Waals surface area contributed by atoms with Gasteiger partial charge in [0.05, 0.1) is 5.69 Å². The van der Waals surface area contributed by atoms with E-state index in [-0.39, 0.29) is 12.0 Å². The molecule has 4 nitrogen and oxygen atoms in total. The van der Waals surface area contributed by atoms with E-state index in [9.17, 15) is 4.79 Å². The predicted molar refractivity (Wildman–Crippen MR) is 108 cm³/mol. The van der Waals surface area contributed by atoms with Gasteiger partial charge in [0.15, 0.2) is 6.10 Å². The van der Waals surface area contributed by atoms with Crippen LogP contribution in [0.2, 0.25) is 0 Å². The standard InChI is InChI=1S/C23H28N2O2/c26-23-22(27-21-10-5-4-9-20(21)24-23)11-6-14-25-15-12-19(13-16-25)17-18-7-2-1-3-8-18/h1-5,7-10,19,22H,6,11-17H2,(H,24,26). The summed E-state index contributed by atoms with van der Waals surface area (Å²) in [6.07, 6.45) is 5.12. The Kier molecular flexibility index (Phi) is 5.73. The Morgan fingerprint density at radius 2 is 1.74 bits per heavy atom. The third-order valence-electron chi connectivity index (χ3n) is 5.72. The van der Waals surface area contributed by atoms with Crippen molar-refractivity contribution < 1.29 is 9.53 Å². The number of amides is 1. The van der Waals surface area contributed by atoms with E-state index in [0.717, 1.165) is 49.8 Å². The highest BCUT2D eigenvalue weighted by Gasteiger charge is 2.27. The van der Waals surface area contributed by atoms with Crippen LogP contribution in [0.3, 0.4) is 0 Å². The highest BCUT2D eigenvalue weighted by atomic mass is 16.5. The van der Waals surface area contributed by atoms with Crippen LogP contribution in [0.4, 0.5) is 5.69 Å². The topological polar surface area (TPSA) is 41.6 Å². The summed E-state index contributed by atoms with van der Waals surface area (Å²) in [4.78, 5) is 14.7. The largest absolute Gasteiger partial charge is 0.478 e. The fourth-order valence-electron chi connectivity index (χ4n) is 4.14. The van der Waals surface area contributed by atoms with E-state index in [1.165, 1.54) is 24.8 Å². The minimum absolute atomic E-state index is 0.0183. The molecule has 0 saturated carbocycles. The second-order valence-electron chi connectivity index (χ2n) is 7.71. The van der Waals surface area contributed by atoms with Gasteiger partial charge in [-0.2, -0.15) is 0 Å². The van der Waals surface area contributed by atoms with E-state index in [0.29, 0.717) is 0 Å². The predicted octanol–water partition coefficient (Wildman–Crippen LogP) is 4.12. The van der Waals surface area contributed by atoms with Crippen LogP contribution >= 0.6 is 0 Å². The maximum atomic E-state index is 12.2. The van der Waals surface area contributed by atoms with Crippen molar-refractivity contribution in [3.05, 3.63) is 60.2 Å². The smallest absolute Gasteiger partial charge is 0.265 e. The lowest BCUT2D eigenvalue weighted by atomic mass is 9.90. The lowest BCUT2D eigenvalue weighted by Crippen LogP contribution is -2.39. The van der Waals surface area contributed by atoms with Crippen molar-refractivity contribution in [3.8, 4) is 5.75 Å². The molecular weight excluding hydrogens is 336 g/mol. The zero-order chi connectivity index (χ0) is 18.5. The lowest BCUT2D eigenvalue weighted by Gasteiger charge is -2.32. The Hall–Kier alpha value is -2.33. The molecule has 0 aromatic heterocycles. The van der Waals surface area contributed by atoms with Gasteiger partial charge in [0.1, 0.15) is 5.75 Å². The summed E-state index contributed by atoms with van der Waals surface area (Å²) in [6, 6.07) is 18.5. The molecule has 1 fully saturated rings. The molecule has 2 aromatic carbocycles. The van der Waals surface area contributed by atoms with Crippen molar-refractivity contribution in [1.29, 1.82) is 0 Å². The van der Waals surface area contributed by atoms with Crippen LogP contribution in [0.15, 0.2) is 54.6 Å². The molecule has 0 aliphatic carbocycles. The number of para-hydroxylation sites is 2. The Balaban J connectivity index is 1.18. The quantitative estimate of drug-likeness (QED) is 0.838. The van der Waals surface area contributed by atoms with Crippen LogP contribution in [0.5, 0.6) is 5.75 Å². The lowest BCUT2D eigenvalue weighted by molar-refractivity contribution is -0.123. The van der Waals surface area contributed by atoms with Gasteiger partial charge in [-0.1, -0.05) is 42.5 Å². The van der Waals surface area contributed by atoms with Crippen LogP contribution in [-0.4, -0.2) is 36.5 Å². The van der Waals surface area contributed by atoms with E-state index in [2.05, 4.69) is 40.5 Å². The Bertz CT molecular complexity index is 754. The molecule has 2 heterocycles. The van der Waals surface area contributed by atoms with Gasteiger partial charge >= 0.3 is 0 Å². The Morgan fingerprint density at radius 3 is 2.56 bits per heavy atom. The van der Waals surface area contributed by atoms with Crippen LogP contribution in [0.1, 0.15) is 31.2 Å². The number of nitrogens with one attached hydrogen (secondary N) is 1. The fourth-order valence-corrected chi connectivity index (χ4v) is 4.14. The molecule has 142 valence electrons. The van der Waals surface area contributed by atoms with Gasteiger partial charge in [0.2, 0.25) is 0 Å². The average Bonchev–Trinajstić information content (AvgIpc) is 2.70. The molecule has 2 aliphatic heterocycles. The summed E-state index contributed by atoms with van der Waals surface area (Å²) >= 11 is 0. The summed E-state index contributed by atoms with van der Waals surface area (Å²) in [5.41, 5.74) is 2.23. The van der Waals surface area contributed by atoms with Gasteiger partial charge in [-0.05, 0) is 75.4 Å². The molecule has 2 aliphatic rings. The Morgan fingerprint density at radius 1 is 1.00 bits per heavy atom. The zero-order valence-electron chi connectivity index (χ0n) is 15.8. The number of anilines is 1. The number of carbonyl (C=O) groups excluding carboxylic acids is 1. The van der Waals surface area contributed by atoms with Gasteiger partial charge in [0, 0.05) is 0 Å². The first-order valence-corrected chi connectivity index (χ1v) is 10.1. The normalized spacial score (nSPS) is 20.6. The molecule has 0 spiro atoms. The van der Waals surface area contributed by atoms with Crippen molar-refractivity contribution >= 4 is 11.6 Å². The molecule has 27 heavy (non-hydrogen) atoms. The molecule has 0 radical (unpaired) electrons. The second kappa shape index (κ2) is 8.57. The third-order valence-corrected chi connectivity index (χ3v) is 5.72. The second-order valence-corrected chi connectivity index (χ2v) is 7.71. The summed E-state index contributed by atoms with van der Waals surface area (Å²) < 4.78 is 5.89. The van der Waals surface area contributed by atoms with Gasteiger partial charge in [-0.3, -0.25) is 4.79 Å². The van der Waals surface area contributed by atoms with Crippen LogP contribution in [0, 0.1) is 5.92 Å². The van der Waals surface area contributed by atoms with E-state index in [4.69, 9.17) is 4.74 Å². The van der Waals surface area contributed by atoms with E-state index in [1.54, 1.807) is 0 Å². The van der Waals surface area contributed by atoms with Crippen molar-refractivity contribution in [1.82, 2.24) is 4.90 Å². The summed E-state index contributed by atoms with van der Waals surface area (Å²) in [7, 11) is 0. The fraction of sp³-hybridized carbons (Fsp3) is 0.435. The molecule has 1 unspecified atom stereocenters. The highest BCUT2D eigenvalue weighted by molar-refractivity contribution is 5.97. The molecule has 1 saturated heterocycles. The first-order chi connectivity index (χ1) is 13.3. The highest BCUT2D eigenvalue weighted by Crippen LogP contribution is 2.30. The molecule has 4 heteroatoms. The number of fused-ring (bicyclic) bond motifs is 1. The van der Waals surface area contributed by atoms with Gasteiger partial charge in [-0.15, -0.1) is 0 Å². The van der Waals surface area contributed by atoms with Gasteiger partial charge in [-0.25, -0.2) is 0 Å². The first kappa shape index (κ1) is 18.1. The summed E-state index contributed by atoms with van der Waals surface area (Å²) in [5, 5.41) is 2.95. The first-order valence-electron chi connectivity index (χ1n) is 10.1. The van der Waals surface area contributed by atoms with E-state index in [1.807, 2.05) is 24.3 Å². The number of benzene rings is 2. The number of rotatable bonds is 6. The zero-order valence-corrected chi connectivity index (χ0v) is 15.8. The molecule has 1 atom stereocenters. The monoisotopic (exact) mass is 364 g/mol. The van der Waals surface area contributed by atoms with Crippen LogP contribution in [-0.2, 0) is 11.2 Å². The summed E-state index contributed by atoms with van der Waals surface area (Å²) in [6.45, 7) is 3.38. The van der Waals surface area contributed by atoms with Crippen molar-refractivity contribution in [2.75, 3.05) is 25.0 Å². The minimum Gasteiger partial charge on any atom is -0.478 e. The minimum atomic E-state index is -0.365.